The van der Waals surface area contributed by atoms with Crippen LogP contribution >= 0.6 is 0 Å². The lowest BCUT2D eigenvalue weighted by atomic mass is 10.1. The summed E-state index contributed by atoms with van der Waals surface area (Å²) < 4.78 is 14.8. The number of halogens is 1. The van der Waals surface area contributed by atoms with E-state index in [9.17, 15) is 9.18 Å². The zero-order chi connectivity index (χ0) is 14.7. The molecule has 0 aliphatic rings. The summed E-state index contributed by atoms with van der Waals surface area (Å²) in [5.41, 5.74) is 2.52. The molecule has 0 bridgehead atoms. The number of benzene rings is 1. The van der Waals surface area contributed by atoms with E-state index in [4.69, 9.17) is 5.26 Å². The predicted molar refractivity (Wildman–Crippen MR) is 74.6 cm³/mol. The number of hydrogen-bond donors (Lipinski definition) is 0. The first kappa shape index (κ1) is 13.8. The van der Waals surface area contributed by atoms with E-state index in [1.54, 1.807) is 29.8 Å². The lowest BCUT2D eigenvalue weighted by Gasteiger charge is -1.98. The molecule has 20 heavy (non-hydrogen) atoms. The Bertz CT molecular complexity index is 735. The number of carbonyl (C=O) groups is 1. The quantitative estimate of drug-likeness (QED) is 0.633. The number of nitriles is 1. The lowest BCUT2D eigenvalue weighted by Crippen LogP contribution is -1.95. The van der Waals surface area contributed by atoms with Crippen LogP contribution in [-0.2, 0) is 7.05 Å². The van der Waals surface area contributed by atoms with Crippen molar-refractivity contribution in [2.24, 2.45) is 7.05 Å². The van der Waals surface area contributed by atoms with Gasteiger partial charge in [0.15, 0.2) is 5.78 Å². The molecule has 1 heterocycles. The van der Waals surface area contributed by atoms with E-state index in [-0.39, 0.29) is 5.78 Å². The first-order valence-electron chi connectivity index (χ1n) is 6.07. The van der Waals surface area contributed by atoms with E-state index in [2.05, 4.69) is 6.07 Å². The number of carbonyl (C=O) groups excluding carboxylic acids is 1. The number of nitrogens with zero attached hydrogens (tertiary/aromatic N) is 2. The van der Waals surface area contributed by atoms with Crippen molar-refractivity contribution in [3.8, 4) is 6.07 Å². The van der Waals surface area contributed by atoms with Gasteiger partial charge >= 0.3 is 0 Å². The minimum Gasteiger partial charge on any atom is -0.339 e. The molecule has 0 aliphatic heterocycles. The molecule has 2 aromatic rings. The summed E-state index contributed by atoms with van der Waals surface area (Å²) in [5.74, 6) is -0.710. The fourth-order valence-corrected chi connectivity index (χ4v) is 1.90. The second-order valence-corrected chi connectivity index (χ2v) is 4.45. The zero-order valence-electron chi connectivity index (χ0n) is 11.2. The van der Waals surface area contributed by atoms with Crippen LogP contribution in [0.3, 0.4) is 0 Å². The van der Waals surface area contributed by atoms with Gasteiger partial charge in [-0.25, -0.2) is 4.39 Å². The first-order valence-corrected chi connectivity index (χ1v) is 6.07. The van der Waals surface area contributed by atoms with Crippen LogP contribution in [0.25, 0.3) is 6.08 Å². The Labute approximate surface area is 116 Å². The van der Waals surface area contributed by atoms with Gasteiger partial charge in [-0.2, -0.15) is 5.26 Å². The largest absolute Gasteiger partial charge is 0.339 e. The van der Waals surface area contributed by atoms with Crippen molar-refractivity contribution >= 4 is 11.9 Å². The second-order valence-electron chi connectivity index (χ2n) is 4.45. The van der Waals surface area contributed by atoms with Crippen LogP contribution in [0.1, 0.15) is 27.3 Å². The van der Waals surface area contributed by atoms with Crippen LogP contribution in [0, 0.1) is 24.1 Å². The monoisotopic (exact) mass is 268 g/mol. The first-order chi connectivity index (χ1) is 9.52. The molecule has 0 N–H and O–H groups in total. The number of rotatable bonds is 3. The summed E-state index contributed by atoms with van der Waals surface area (Å²) in [6.07, 6.45) is 3.03. The van der Waals surface area contributed by atoms with Crippen molar-refractivity contribution in [2.45, 2.75) is 6.92 Å². The standard InChI is InChI=1S/C16H13FN2O/c1-11-12(9-15(10-18)19(11)2)6-7-16(20)13-4-3-5-14(17)8-13/h3-9H,1-2H3/b7-6+. The van der Waals surface area contributed by atoms with E-state index >= 15 is 0 Å². The van der Waals surface area contributed by atoms with Crippen LogP contribution in [0.15, 0.2) is 36.4 Å². The molecule has 4 heteroatoms. The van der Waals surface area contributed by atoms with E-state index in [0.29, 0.717) is 11.3 Å². The van der Waals surface area contributed by atoms with Gasteiger partial charge in [0.2, 0.25) is 0 Å². The molecule has 1 aromatic heterocycles. The Kier molecular flexibility index (Phi) is 3.81. The minimum atomic E-state index is -0.438. The van der Waals surface area contributed by atoms with Gasteiger partial charge in [0.25, 0.3) is 0 Å². The van der Waals surface area contributed by atoms with Gasteiger partial charge in [-0.15, -0.1) is 0 Å². The Morgan fingerprint density at radius 3 is 2.75 bits per heavy atom. The smallest absolute Gasteiger partial charge is 0.185 e. The summed E-state index contributed by atoms with van der Waals surface area (Å²) in [7, 11) is 1.79. The normalized spacial score (nSPS) is 10.7. The third-order valence-electron chi connectivity index (χ3n) is 3.21. The van der Waals surface area contributed by atoms with E-state index in [1.165, 1.54) is 24.3 Å². The molecule has 0 fully saturated rings. The molecule has 3 nitrogen and oxygen atoms in total. The molecular formula is C16H13FN2O. The Hall–Kier alpha value is -2.67. The highest BCUT2D eigenvalue weighted by molar-refractivity contribution is 6.06. The van der Waals surface area contributed by atoms with E-state index in [1.807, 2.05) is 6.92 Å². The molecule has 0 amide bonds. The maximum atomic E-state index is 13.0. The summed E-state index contributed by atoms with van der Waals surface area (Å²) in [6, 6.07) is 9.34. The molecule has 0 saturated carbocycles. The molecule has 0 unspecified atom stereocenters. The fraction of sp³-hybridized carbons (Fsp3) is 0.125. The van der Waals surface area contributed by atoms with Crippen LogP contribution in [0.2, 0.25) is 0 Å². The van der Waals surface area contributed by atoms with Crippen molar-refractivity contribution in [3.05, 3.63) is 64.7 Å². The minimum absolute atomic E-state index is 0.272. The Balaban J connectivity index is 2.26. The van der Waals surface area contributed by atoms with Gasteiger partial charge in [-0.3, -0.25) is 4.79 Å². The maximum absolute atomic E-state index is 13.0. The average Bonchev–Trinajstić information content (AvgIpc) is 2.72. The molecule has 1 aromatic carbocycles. The summed E-state index contributed by atoms with van der Waals surface area (Å²) in [6.45, 7) is 1.87. The third-order valence-corrected chi connectivity index (χ3v) is 3.21. The number of aromatic nitrogens is 1. The van der Waals surface area contributed by atoms with Gasteiger partial charge < -0.3 is 4.57 Å². The van der Waals surface area contributed by atoms with Gasteiger partial charge in [0, 0.05) is 18.3 Å². The zero-order valence-corrected chi connectivity index (χ0v) is 11.2. The molecular weight excluding hydrogens is 255 g/mol. The Morgan fingerprint density at radius 2 is 2.15 bits per heavy atom. The summed E-state index contributed by atoms with van der Waals surface area (Å²) in [5, 5.41) is 8.94. The number of allylic oxidation sites excluding steroid dienone is 1. The van der Waals surface area contributed by atoms with Crippen LogP contribution in [-0.4, -0.2) is 10.4 Å². The van der Waals surface area contributed by atoms with Gasteiger partial charge in [0.1, 0.15) is 17.6 Å². The molecule has 0 radical (unpaired) electrons. The molecule has 0 saturated heterocycles. The summed E-state index contributed by atoms with van der Waals surface area (Å²) in [4.78, 5) is 11.9. The Morgan fingerprint density at radius 1 is 1.40 bits per heavy atom. The molecule has 0 aliphatic carbocycles. The fourth-order valence-electron chi connectivity index (χ4n) is 1.90. The second kappa shape index (κ2) is 5.54. The number of hydrogen-bond acceptors (Lipinski definition) is 2. The lowest BCUT2D eigenvalue weighted by molar-refractivity contribution is 0.104. The third kappa shape index (κ3) is 2.67. The predicted octanol–water partition coefficient (Wildman–Crippen LogP) is 3.24. The topological polar surface area (TPSA) is 45.8 Å². The SMILES string of the molecule is Cc1c(/C=C/C(=O)c2cccc(F)c2)cc(C#N)n1C. The maximum Gasteiger partial charge on any atom is 0.185 e. The summed E-state index contributed by atoms with van der Waals surface area (Å²) >= 11 is 0. The average molecular weight is 268 g/mol. The van der Waals surface area contributed by atoms with Crippen molar-refractivity contribution in [2.75, 3.05) is 0 Å². The van der Waals surface area contributed by atoms with E-state index < -0.39 is 5.82 Å². The number of ketones is 1. The van der Waals surface area contributed by atoms with Gasteiger partial charge in [-0.05, 0) is 42.8 Å². The van der Waals surface area contributed by atoms with E-state index in [0.717, 1.165) is 11.3 Å². The van der Waals surface area contributed by atoms with Crippen LogP contribution in [0.5, 0.6) is 0 Å². The highest BCUT2D eigenvalue weighted by Crippen LogP contribution is 2.15. The van der Waals surface area contributed by atoms with Gasteiger partial charge in [0.05, 0.1) is 0 Å². The van der Waals surface area contributed by atoms with Crippen molar-refractivity contribution in [3.63, 3.8) is 0 Å². The molecule has 0 spiro atoms. The highest BCUT2D eigenvalue weighted by atomic mass is 19.1. The van der Waals surface area contributed by atoms with Crippen molar-refractivity contribution in [1.82, 2.24) is 4.57 Å². The van der Waals surface area contributed by atoms with Gasteiger partial charge in [-0.1, -0.05) is 12.1 Å². The van der Waals surface area contributed by atoms with Crippen LogP contribution in [0.4, 0.5) is 4.39 Å². The van der Waals surface area contributed by atoms with Crippen molar-refractivity contribution < 1.29 is 9.18 Å². The molecule has 100 valence electrons. The van der Waals surface area contributed by atoms with Crippen molar-refractivity contribution in [1.29, 1.82) is 5.26 Å². The van der Waals surface area contributed by atoms with Crippen LogP contribution < -0.4 is 0 Å². The molecule has 0 atom stereocenters. The highest BCUT2D eigenvalue weighted by Gasteiger charge is 2.07. The molecule has 2 rings (SSSR count).